The fourth-order valence-corrected chi connectivity index (χ4v) is 3.68. The summed E-state index contributed by atoms with van der Waals surface area (Å²) in [5.74, 6) is 1.80. The molecule has 0 bridgehead atoms. The Bertz CT molecular complexity index is 1000. The van der Waals surface area contributed by atoms with Crippen molar-refractivity contribution in [2.75, 3.05) is 29.9 Å². The number of fused-ring (bicyclic) bond motifs is 1. The van der Waals surface area contributed by atoms with Gasteiger partial charge in [-0.3, -0.25) is 9.36 Å². The summed E-state index contributed by atoms with van der Waals surface area (Å²) in [6.07, 6.45) is 5.47. The highest BCUT2D eigenvalue weighted by atomic mass is 16.1. The van der Waals surface area contributed by atoms with Gasteiger partial charge in [-0.05, 0) is 69.1 Å². The summed E-state index contributed by atoms with van der Waals surface area (Å²) < 4.78 is 2.11. The number of aryl methyl sites for hydroxylation is 1. The molecule has 0 radical (unpaired) electrons. The summed E-state index contributed by atoms with van der Waals surface area (Å²) >= 11 is 0. The molecule has 7 heteroatoms. The molecule has 0 saturated carbocycles. The van der Waals surface area contributed by atoms with Crippen LogP contribution in [0.4, 0.5) is 17.5 Å². The first-order valence-electron chi connectivity index (χ1n) is 11.8. The van der Waals surface area contributed by atoms with Crippen molar-refractivity contribution in [2.45, 2.75) is 59.4 Å². The number of nitrogens with two attached hydrogens (primary N) is 1. The molecule has 0 saturated heterocycles. The van der Waals surface area contributed by atoms with Gasteiger partial charge < -0.3 is 16.0 Å². The van der Waals surface area contributed by atoms with Crippen molar-refractivity contribution in [3.63, 3.8) is 0 Å². The van der Waals surface area contributed by atoms with Gasteiger partial charge in [0.2, 0.25) is 5.95 Å². The number of unbranched alkanes of at least 4 members (excludes halogenated alkanes) is 2. The summed E-state index contributed by atoms with van der Waals surface area (Å²) in [5.41, 5.74) is 9.12. The SMILES string of the molecule is CCCCN(CCCC)c1ccc2nc(Nc3ccc(C(C)=O)cc3)n(CCCN)c2n1. The van der Waals surface area contributed by atoms with Crippen LogP contribution in [0.1, 0.15) is 63.2 Å². The van der Waals surface area contributed by atoms with Crippen LogP contribution >= 0.6 is 0 Å². The maximum Gasteiger partial charge on any atom is 0.209 e. The van der Waals surface area contributed by atoms with Gasteiger partial charge in [-0.25, -0.2) is 9.97 Å². The van der Waals surface area contributed by atoms with E-state index < -0.39 is 0 Å². The van der Waals surface area contributed by atoms with E-state index in [0.717, 1.165) is 80.4 Å². The Morgan fingerprint density at radius 1 is 1.00 bits per heavy atom. The highest BCUT2D eigenvalue weighted by Crippen LogP contribution is 2.25. The molecule has 3 aromatic rings. The number of aromatic nitrogens is 3. The van der Waals surface area contributed by atoms with Gasteiger partial charge in [0.05, 0.1) is 0 Å². The summed E-state index contributed by atoms with van der Waals surface area (Å²) in [7, 11) is 0. The largest absolute Gasteiger partial charge is 0.357 e. The lowest BCUT2D eigenvalue weighted by Gasteiger charge is -2.23. The number of hydrogen-bond acceptors (Lipinski definition) is 6. The first-order chi connectivity index (χ1) is 15.6. The zero-order chi connectivity index (χ0) is 22.9. The van der Waals surface area contributed by atoms with Crippen LogP contribution in [-0.2, 0) is 6.54 Å². The van der Waals surface area contributed by atoms with Crippen LogP contribution in [0.25, 0.3) is 11.2 Å². The van der Waals surface area contributed by atoms with Crippen molar-refractivity contribution in [1.29, 1.82) is 0 Å². The summed E-state index contributed by atoms with van der Waals surface area (Å²) in [5, 5.41) is 3.40. The standard InChI is InChI=1S/C25H36N6O/c1-4-6-16-30(17-7-5-2)23-14-13-22-24(29-23)31(18-8-15-26)25(28-22)27-21-11-9-20(10-12-21)19(3)32/h9-14H,4-8,15-18,26H2,1-3H3,(H,27,28). The van der Waals surface area contributed by atoms with Crippen LogP contribution in [0.15, 0.2) is 36.4 Å². The molecule has 0 fully saturated rings. The first-order valence-corrected chi connectivity index (χ1v) is 11.8. The lowest BCUT2D eigenvalue weighted by Crippen LogP contribution is -2.26. The monoisotopic (exact) mass is 436 g/mol. The number of rotatable bonds is 13. The van der Waals surface area contributed by atoms with Gasteiger partial charge in [-0.15, -0.1) is 0 Å². The molecular formula is C25H36N6O. The number of Topliss-reactive ketones (excluding diaryl/α,β-unsaturated/α-hetero) is 1. The quantitative estimate of drug-likeness (QED) is 0.361. The number of benzene rings is 1. The van der Waals surface area contributed by atoms with E-state index in [1.165, 1.54) is 0 Å². The number of carbonyl (C=O) groups is 1. The van der Waals surface area contributed by atoms with E-state index in [-0.39, 0.29) is 5.78 Å². The minimum Gasteiger partial charge on any atom is -0.357 e. The second-order valence-corrected chi connectivity index (χ2v) is 8.19. The molecule has 7 nitrogen and oxygen atoms in total. The number of imidazole rings is 1. The van der Waals surface area contributed by atoms with E-state index in [0.29, 0.717) is 12.1 Å². The van der Waals surface area contributed by atoms with E-state index in [4.69, 9.17) is 15.7 Å². The Balaban J connectivity index is 1.95. The van der Waals surface area contributed by atoms with Gasteiger partial charge in [-0.1, -0.05) is 26.7 Å². The highest BCUT2D eigenvalue weighted by Gasteiger charge is 2.15. The molecule has 0 aliphatic heterocycles. The zero-order valence-corrected chi connectivity index (χ0v) is 19.6. The van der Waals surface area contributed by atoms with Crippen LogP contribution < -0.4 is 16.0 Å². The average Bonchev–Trinajstić information content (AvgIpc) is 3.14. The molecule has 2 heterocycles. The second kappa shape index (κ2) is 11.6. The van der Waals surface area contributed by atoms with Crippen LogP contribution in [0.3, 0.4) is 0 Å². The molecule has 0 spiro atoms. The number of nitrogens with one attached hydrogen (secondary N) is 1. The molecule has 0 aliphatic rings. The third kappa shape index (κ3) is 5.85. The second-order valence-electron chi connectivity index (χ2n) is 8.19. The number of pyridine rings is 1. The topological polar surface area (TPSA) is 89.1 Å². The Labute approximate surface area is 191 Å². The predicted octanol–water partition coefficient (Wildman–Crippen LogP) is 5.13. The smallest absolute Gasteiger partial charge is 0.209 e. The normalized spacial score (nSPS) is 11.1. The van der Waals surface area contributed by atoms with Crippen LogP contribution in [0.5, 0.6) is 0 Å². The third-order valence-electron chi connectivity index (χ3n) is 5.60. The van der Waals surface area contributed by atoms with Gasteiger partial charge in [-0.2, -0.15) is 0 Å². The average molecular weight is 437 g/mol. The fraction of sp³-hybridized carbons (Fsp3) is 0.480. The van der Waals surface area contributed by atoms with Gasteiger partial charge in [0.25, 0.3) is 0 Å². The molecule has 0 atom stereocenters. The number of hydrogen-bond donors (Lipinski definition) is 2. The zero-order valence-electron chi connectivity index (χ0n) is 19.6. The van der Waals surface area contributed by atoms with E-state index in [9.17, 15) is 4.79 Å². The maximum absolute atomic E-state index is 11.6. The predicted molar refractivity (Wildman–Crippen MR) is 133 cm³/mol. The van der Waals surface area contributed by atoms with E-state index in [2.05, 4.69) is 40.8 Å². The van der Waals surface area contributed by atoms with Crippen molar-refractivity contribution in [3.05, 3.63) is 42.0 Å². The molecule has 3 N–H and O–H groups in total. The summed E-state index contributed by atoms with van der Waals surface area (Å²) in [4.78, 5) is 23.8. The Morgan fingerprint density at radius 2 is 1.69 bits per heavy atom. The van der Waals surface area contributed by atoms with Crippen molar-refractivity contribution in [2.24, 2.45) is 5.73 Å². The highest BCUT2D eigenvalue weighted by molar-refractivity contribution is 5.94. The molecule has 172 valence electrons. The summed E-state index contributed by atoms with van der Waals surface area (Å²) in [6.45, 7) is 9.38. The van der Waals surface area contributed by atoms with Gasteiger partial charge in [0.1, 0.15) is 11.3 Å². The molecule has 0 unspecified atom stereocenters. The van der Waals surface area contributed by atoms with Crippen molar-refractivity contribution in [1.82, 2.24) is 14.5 Å². The molecule has 1 aromatic carbocycles. The van der Waals surface area contributed by atoms with Gasteiger partial charge in [0.15, 0.2) is 11.4 Å². The lowest BCUT2D eigenvalue weighted by atomic mass is 10.1. The van der Waals surface area contributed by atoms with Crippen molar-refractivity contribution < 1.29 is 4.79 Å². The molecular weight excluding hydrogens is 400 g/mol. The number of nitrogens with zero attached hydrogens (tertiary/aromatic N) is 4. The van der Waals surface area contributed by atoms with Crippen LogP contribution in [0, 0.1) is 0 Å². The van der Waals surface area contributed by atoms with Crippen molar-refractivity contribution in [3.8, 4) is 0 Å². The van der Waals surface area contributed by atoms with Crippen molar-refractivity contribution >= 4 is 34.4 Å². The lowest BCUT2D eigenvalue weighted by molar-refractivity contribution is 0.101. The first kappa shape index (κ1) is 23.7. The molecule has 0 aliphatic carbocycles. The Hall–Kier alpha value is -2.93. The van der Waals surface area contributed by atoms with Gasteiger partial charge >= 0.3 is 0 Å². The molecule has 0 amide bonds. The van der Waals surface area contributed by atoms with E-state index in [1.807, 2.05) is 24.3 Å². The fourth-order valence-electron chi connectivity index (χ4n) is 3.68. The van der Waals surface area contributed by atoms with Crippen LogP contribution in [-0.4, -0.2) is 40.0 Å². The molecule has 3 rings (SSSR count). The molecule has 32 heavy (non-hydrogen) atoms. The minimum atomic E-state index is 0.0548. The molecule has 2 aromatic heterocycles. The Morgan fingerprint density at radius 3 is 2.28 bits per heavy atom. The Kier molecular flexibility index (Phi) is 8.62. The van der Waals surface area contributed by atoms with Crippen LogP contribution in [0.2, 0.25) is 0 Å². The number of anilines is 3. The number of carbonyl (C=O) groups excluding carboxylic acids is 1. The minimum absolute atomic E-state index is 0.0548. The van der Waals surface area contributed by atoms with E-state index in [1.54, 1.807) is 6.92 Å². The van der Waals surface area contributed by atoms with E-state index >= 15 is 0 Å². The number of ketones is 1. The maximum atomic E-state index is 11.6. The summed E-state index contributed by atoms with van der Waals surface area (Å²) in [6, 6.07) is 11.6. The third-order valence-corrected chi connectivity index (χ3v) is 5.60. The van der Waals surface area contributed by atoms with Gasteiger partial charge in [0, 0.05) is 30.9 Å².